The van der Waals surface area contributed by atoms with Crippen LogP contribution in [0.4, 0.5) is 17.8 Å². The van der Waals surface area contributed by atoms with E-state index in [0.717, 1.165) is 19.4 Å². The first-order valence-electron chi connectivity index (χ1n) is 6.63. The fraction of sp³-hybridized carbons (Fsp3) is 0.750. The van der Waals surface area contributed by atoms with Crippen molar-refractivity contribution in [2.45, 2.75) is 19.3 Å². The third-order valence-electron chi connectivity index (χ3n) is 3.61. The summed E-state index contributed by atoms with van der Waals surface area (Å²) in [5.74, 6) is 2.12. The molecule has 106 valence electrons. The second kappa shape index (κ2) is 6.01. The fourth-order valence-corrected chi connectivity index (χ4v) is 2.50. The summed E-state index contributed by atoms with van der Waals surface area (Å²) in [6.07, 6.45) is 3.42. The van der Waals surface area contributed by atoms with Crippen LogP contribution in [0.3, 0.4) is 0 Å². The minimum Gasteiger partial charge on any atom is -0.396 e. The zero-order chi connectivity index (χ0) is 13.8. The molecule has 2 atom stereocenters. The van der Waals surface area contributed by atoms with Crippen LogP contribution in [0.5, 0.6) is 0 Å². The molecule has 4 N–H and O–H groups in total. The van der Waals surface area contributed by atoms with Gasteiger partial charge in [0.2, 0.25) is 17.8 Å². The number of nitrogen functional groups attached to an aromatic ring is 1. The normalized spacial score (nSPS) is 22.5. The molecule has 1 heterocycles. The third kappa shape index (κ3) is 3.44. The Morgan fingerprint density at radius 2 is 2.00 bits per heavy atom. The minimum absolute atomic E-state index is 0.214. The van der Waals surface area contributed by atoms with Crippen molar-refractivity contribution < 1.29 is 5.11 Å². The zero-order valence-corrected chi connectivity index (χ0v) is 11.5. The van der Waals surface area contributed by atoms with Crippen molar-refractivity contribution in [1.82, 2.24) is 15.0 Å². The second-order valence-corrected chi connectivity index (χ2v) is 5.23. The van der Waals surface area contributed by atoms with Crippen molar-refractivity contribution in [2.24, 2.45) is 11.8 Å². The summed E-state index contributed by atoms with van der Waals surface area (Å²) in [5.41, 5.74) is 5.67. The lowest BCUT2D eigenvalue weighted by atomic mass is 9.97. The van der Waals surface area contributed by atoms with Crippen molar-refractivity contribution in [3.8, 4) is 0 Å². The highest BCUT2D eigenvalue weighted by atomic mass is 16.3. The Balaban J connectivity index is 1.99. The number of nitrogens with one attached hydrogen (secondary N) is 1. The Hall–Kier alpha value is -1.63. The summed E-state index contributed by atoms with van der Waals surface area (Å²) in [6, 6.07) is 0. The van der Waals surface area contributed by atoms with Gasteiger partial charge in [-0.05, 0) is 24.7 Å². The maximum absolute atomic E-state index is 9.30. The largest absolute Gasteiger partial charge is 0.396 e. The van der Waals surface area contributed by atoms with Crippen molar-refractivity contribution in [2.75, 3.05) is 43.2 Å². The van der Waals surface area contributed by atoms with Gasteiger partial charge >= 0.3 is 0 Å². The van der Waals surface area contributed by atoms with Gasteiger partial charge in [-0.2, -0.15) is 15.0 Å². The molecule has 0 bridgehead atoms. The maximum atomic E-state index is 9.30. The molecule has 0 saturated heterocycles. The number of aliphatic hydroxyl groups is 1. The van der Waals surface area contributed by atoms with Gasteiger partial charge in [0.1, 0.15) is 0 Å². The van der Waals surface area contributed by atoms with E-state index in [-0.39, 0.29) is 12.6 Å². The molecule has 0 spiro atoms. The molecule has 0 amide bonds. The first kappa shape index (κ1) is 13.8. The number of hydrogen-bond acceptors (Lipinski definition) is 7. The molecule has 7 nitrogen and oxygen atoms in total. The number of anilines is 3. The predicted octanol–water partition coefficient (Wildman–Crippen LogP) is 0.340. The average Bonchev–Trinajstić information content (AvgIpc) is 2.83. The molecule has 1 fully saturated rings. The topological polar surface area (TPSA) is 100 Å². The van der Waals surface area contributed by atoms with Crippen molar-refractivity contribution >= 4 is 17.8 Å². The van der Waals surface area contributed by atoms with E-state index in [0.29, 0.717) is 23.7 Å². The predicted molar refractivity (Wildman–Crippen MR) is 75.0 cm³/mol. The first-order valence-corrected chi connectivity index (χ1v) is 6.63. The van der Waals surface area contributed by atoms with E-state index in [4.69, 9.17) is 5.73 Å². The molecule has 1 aromatic rings. The average molecular weight is 266 g/mol. The van der Waals surface area contributed by atoms with Gasteiger partial charge in [-0.1, -0.05) is 6.42 Å². The molecular weight excluding hydrogens is 244 g/mol. The van der Waals surface area contributed by atoms with Gasteiger partial charge < -0.3 is 21.1 Å². The van der Waals surface area contributed by atoms with Crippen LogP contribution in [-0.4, -0.2) is 47.3 Å². The monoisotopic (exact) mass is 266 g/mol. The molecule has 0 aromatic carbocycles. The number of rotatable bonds is 5. The van der Waals surface area contributed by atoms with Crippen LogP contribution >= 0.6 is 0 Å². The second-order valence-electron chi connectivity index (χ2n) is 5.23. The summed E-state index contributed by atoms with van der Waals surface area (Å²) in [5, 5.41) is 12.5. The molecular formula is C12H22N6O. The van der Waals surface area contributed by atoms with E-state index in [2.05, 4.69) is 20.3 Å². The smallest absolute Gasteiger partial charge is 0.231 e. The maximum Gasteiger partial charge on any atom is 0.231 e. The van der Waals surface area contributed by atoms with E-state index in [1.54, 1.807) is 4.90 Å². The van der Waals surface area contributed by atoms with Crippen LogP contribution in [0.2, 0.25) is 0 Å². The summed E-state index contributed by atoms with van der Waals surface area (Å²) >= 11 is 0. The lowest BCUT2D eigenvalue weighted by Crippen LogP contribution is -2.23. The number of aromatic nitrogens is 3. The molecule has 1 aromatic heterocycles. The highest BCUT2D eigenvalue weighted by Gasteiger charge is 2.26. The molecule has 0 aliphatic heterocycles. The highest BCUT2D eigenvalue weighted by Crippen LogP contribution is 2.31. The van der Waals surface area contributed by atoms with Crippen LogP contribution in [-0.2, 0) is 0 Å². The molecule has 2 unspecified atom stereocenters. The minimum atomic E-state index is 0.214. The quantitative estimate of drug-likeness (QED) is 0.706. The zero-order valence-electron chi connectivity index (χ0n) is 11.5. The Labute approximate surface area is 113 Å². The first-order chi connectivity index (χ1) is 9.10. The Bertz CT molecular complexity index is 425. The van der Waals surface area contributed by atoms with Crippen molar-refractivity contribution in [1.29, 1.82) is 0 Å². The number of hydrogen-bond donors (Lipinski definition) is 3. The summed E-state index contributed by atoms with van der Waals surface area (Å²) in [4.78, 5) is 14.2. The van der Waals surface area contributed by atoms with Gasteiger partial charge in [-0.3, -0.25) is 0 Å². The molecule has 0 radical (unpaired) electrons. The Kier molecular flexibility index (Phi) is 4.36. The van der Waals surface area contributed by atoms with Gasteiger partial charge in [0, 0.05) is 27.2 Å². The fourth-order valence-electron chi connectivity index (χ4n) is 2.50. The van der Waals surface area contributed by atoms with Gasteiger partial charge in [-0.25, -0.2) is 0 Å². The summed E-state index contributed by atoms with van der Waals surface area (Å²) in [7, 11) is 3.72. The van der Waals surface area contributed by atoms with Crippen LogP contribution in [0.15, 0.2) is 0 Å². The van der Waals surface area contributed by atoms with Crippen LogP contribution in [0, 0.1) is 11.8 Å². The lowest BCUT2D eigenvalue weighted by Gasteiger charge is -2.18. The third-order valence-corrected chi connectivity index (χ3v) is 3.61. The summed E-state index contributed by atoms with van der Waals surface area (Å²) in [6.45, 7) is 1.02. The van der Waals surface area contributed by atoms with Gasteiger partial charge in [0.05, 0.1) is 0 Å². The van der Waals surface area contributed by atoms with E-state index in [1.807, 2.05) is 14.1 Å². The number of aliphatic hydroxyl groups excluding tert-OH is 1. The van der Waals surface area contributed by atoms with Crippen LogP contribution < -0.4 is 16.0 Å². The SMILES string of the molecule is CN(C)c1nc(N)nc(NCC2CCCC2CO)n1. The van der Waals surface area contributed by atoms with E-state index in [1.165, 1.54) is 6.42 Å². The van der Waals surface area contributed by atoms with Gasteiger partial charge in [-0.15, -0.1) is 0 Å². The molecule has 1 aliphatic rings. The Morgan fingerprint density at radius 3 is 2.68 bits per heavy atom. The van der Waals surface area contributed by atoms with Gasteiger partial charge in [0.25, 0.3) is 0 Å². The van der Waals surface area contributed by atoms with Crippen molar-refractivity contribution in [3.63, 3.8) is 0 Å². The highest BCUT2D eigenvalue weighted by molar-refractivity contribution is 5.40. The molecule has 1 saturated carbocycles. The molecule has 1 aliphatic carbocycles. The molecule has 2 rings (SSSR count). The van der Waals surface area contributed by atoms with E-state index < -0.39 is 0 Å². The number of nitrogens with two attached hydrogens (primary N) is 1. The van der Waals surface area contributed by atoms with E-state index in [9.17, 15) is 5.11 Å². The van der Waals surface area contributed by atoms with E-state index >= 15 is 0 Å². The van der Waals surface area contributed by atoms with Crippen LogP contribution in [0.1, 0.15) is 19.3 Å². The van der Waals surface area contributed by atoms with Gasteiger partial charge in [0.15, 0.2) is 0 Å². The number of nitrogens with zero attached hydrogens (tertiary/aromatic N) is 4. The van der Waals surface area contributed by atoms with Crippen molar-refractivity contribution in [3.05, 3.63) is 0 Å². The molecule has 7 heteroatoms. The van der Waals surface area contributed by atoms with Crippen LogP contribution in [0.25, 0.3) is 0 Å². The standard InChI is InChI=1S/C12H22N6O/c1-18(2)12-16-10(13)15-11(17-12)14-6-8-4-3-5-9(8)7-19/h8-9,19H,3-7H2,1-2H3,(H3,13,14,15,16,17). The summed E-state index contributed by atoms with van der Waals surface area (Å²) < 4.78 is 0. The lowest BCUT2D eigenvalue weighted by molar-refractivity contribution is 0.199. The Morgan fingerprint density at radius 1 is 1.26 bits per heavy atom. The molecule has 19 heavy (non-hydrogen) atoms.